The van der Waals surface area contributed by atoms with Crippen molar-refractivity contribution in [3.63, 3.8) is 0 Å². The van der Waals surface area contributed by atoms with Crippen molar-refractivity contribution in [3.05, 3.63) is 82.6 Å². The van der Waals surface area contributed by atoms with Crippen molar-refractivity contribution >= 4 is 11.9 Å². The van der Waals surface area contributed by atoms with E-state index >= 15 is 0 Å². The van der Waals surface area contributed by atoms with E-state index in [9.17, 15) is 4.79 Å². The van der Waals surface area contributed by atoms with Crippen molar-refractivity contribution in [1.82, 2.24) is 14.7 Å². The molecule has 5 heteroatoms. The topological polar surface area (TPSA) is 39.2 Å². The summed E-state index contributed by atoms with van der Waals surface area (Å²) in [7, 11) is 0. The number of carbonyl (C=O) groups excluding carboxylic acids is 1. The summed E-state index contributed by atoms with van der Waals surface area (Å²) in [6.07, 6.45) is 1.03. The van der Waals surface area contributed by atoms with Crippen molar-refractivity contribution in [2.75, 3.05) is 26.2 Å². The minimum Gasteiger partial charge on any atom is -0.314 e. The molecule has 5 nitrogen and oxygen atoms in total. The van der Waals surface area contributed by atoms with Crippen molar-refractivity contribution < 1.29 is 4.79 Å². The van der Waals surface area contributed by atoms with Gasteiger partial charge in [-0.2, -0.15) is 0 Å². The maximum absolute atomic E-state index is 13.5. The summed E-state index contributed by atoms with van der Waals surface area (Å²) in [5.74, 6) is 0.954. The van der Waals surface area contributed by atoms with E-state index in [0.29, 0.717) is 13.1 Å². The number of nitrogens with zero attached hydrogens (tertiary/aromatic N) is 4. The number of aryl methyl sites for hydroxylation is 1. The Morgan fingerprint density at radius 3 is 2.48 bits per heavy atom. The number of benzene rings is 2. The molecule has 148 valence electrons. The van der Waals surface area contributed by atoms with Crippen molar-refractivity contribution in [2.24, 2.45) is 4.99 Å². The van der Waals surface area contributed by atoms with Gasteiger partial charge in [-0.05, 0) is 24.5 Å². The lowest BCUT2D eigenvalue weighted by molar-refractivity contribution is -0.125. The van der Waals surface area contributed by atoms with E-state index in [1.807, 2.05) is 11.0 Å². The van der Waals surface area contributed by atoms with E-state index in [1.54, 1.807) is 0 Å². The molecule has 0 saturated heterocycles. The van der Waals surface area contributed by atoms with Gasteiger partial charge in [-0.15, -0.1) is 0 Å². The number of rotatable bonds is 4. The van der Waals surface area contributed by atoms with Crippen LogP contribution >= 0.6 is 0 Å². The summed E-state index contributed by atoms with van der Waals surface area (Å²) in [6, 6.07) is 18.9. The fraction of sp³-hybridized carbons (Fsp3) is 0.333. The van der Waals surface area contributed by atoms with Gasteiger partial charge in [-0.1, -0.05) is 60.2 Å². The Kier molecular flexibility index (Phi) is 4.68. The standard InChI is InChI=1S/C24H26N4O/c1-18-8-10-20(11-9-18)15-28-23(29)21-16-26(14-19-6-3-2-4-7-19)17-22(21)27-13-5-12-25-24(27)28/h2-4,6-11H,5,12-17H2,1H3. The van der Waals surface area contributed by atoms with Crippen molar-refractivity contribution in [1.29, 1.82) is 0 Å². The van der Waals surface area contributed by atoms with Crippen LogP contribution in [-0.2, 0) is 17.9 Å². The second kappa shape index (κ2) is 7.48. The van der Waals surface area contributed by atoms with Gasteiger partial charge in [0.1, 0.15) is 0 Å². The number of amides is 1. The molecule has 3 aliphatic rings. The average molecular weight is 386 g/mol. The highest BCUT2D eigenvalue weighted by molar-refractivity contribution is 6.09. The molecule has 0 atom stereocenters. The molecule has 29 heavy (non-hydrogen) atoms. The van der Waals surface area contributed by atoms with E-state index in [1.165, 1.54) is 11.1 Å². The molecule has 3 aliphatic heterocycles. The van der Waals surface area contributed by atoms with Gasteiger partial charge in [0.15, 0.2) is 0 Å². The van der Waals surface area contributed by atoms with Crippen LogP contribution in [0.3, 0.4) is 0 Å². The fourth-order valence-corrected chi connectivity index (χ4v) is 4.42. The van der Waals surface area contributed by atoms with E-state index < -0.39 is 0 Å². The number of hydrogen-bond acceptors (Lipinski definition) is 4. The van der Waals surface area contributed by atoms with Crippen molar-refractivity contribution in [3.8, 4) is 0 Å². The number of hydrogen-bond donors (Lipinski definition) is 0. The lowest BCUT2D eigenvalue weighted by Gasteiger charge is -2.40. The average Bonchev–Trinajstić information content (AvgIpc) is 3.17. The zero-order valence-electron chi connectivity index (χ0n) is 16.8. The lowest BCUT2D eigenvalue weighted by atomic mass is 10.1. The minimum atomic E-state index is 0.119. The first-order chi connectivity index (χ1) is 14.2. The van der Waals surface area contributed by atoms with Crippen LogP contribution in [0.2, 0.25) is 0 Å². The molecule has 1 amide bonds. The lowest BCUT2D eigenvalue weighted by Crippen LogP contribution is -2.53. The van der Waals surface area contributed by atoms with Crippen LogP contribution in [0.1, 0.15) is 23.1 Å². The van der Waals surface area contributed by atoms with Gasteiger partial charge in [0.05, 0.1) is 12.1 Å². The van der Waals surface area contributed by atoms with Gasteiger partial charge in [-0.25, -0.2) is 0 Å². The molecule has 5 rings (SSSR count). The first-order valence-corrected chi connectivity index (χ1v) is 10.4. The molecule has 0 bridgehead atoms. The molecule has 0 radical (unpaired) electrons. The monoisotopic (exact) mass is 386 g/mol. The Morgan fingerprint density at radius 2 is 1.69 bits per heavy atom. The third-order valence-electron chi connectivity index (χ3n) is 5.92. The molecule has 2 aromatic rings. The Morgan fingerprint density at radius 1 is 0.931 bits per heavy atom. The maximum atomic E-state index is 13.5. The predicted molar refractivity (Wildman–Crippen MR) is 114 cm³/mol. The minimum absolute atomic E-state index is 0.119. The molecule has 0 aromatic heterocycles. The highest BCUT2D eigenvalue weighted by Crippen LogP contribution is 2.32. The third-order valence-corrected chi connectivity index (χ3v) is 5.92. The number of guanidine groups is 1. The molecule has 2 aromatic carbocycles. The van der Waals surface area contributed by atoms with E-state index in [0.717, 1.165) is 55.4 Å². The normalized spacial score (nSPS) is 19.3. The largest absolute Gasteiger partial charge is 0.314 e. The molecule has 0 N–H and O–H groups in total. The highest BCUT2D eigenvalue weighted by Gasteiger charge is 2.41. The molecule has 0 aliphatic carbocycles. The SMILES string of the molecule is Cc1ccc(CN2C(=O)C3=C(CN(Cc4ccccc4)C3)N3CCCN=C23)cc1. The van der Waals surface area contributed by atoms with Crippen LogP contribution in [0.15, 0.2) is 70.9 Å². The predicted octanol–water partition coefficient (Wildman–Crippen LogP) is 3.17. The van der Waals surface area contributed by atoms with Crippen LogP contribution in [0.4, 0.5) is 0 Å². The Labute approximate surface area is 171 Å². The zero-order valence-corrected chi connectivity index (χ0v) is 16.8. The summed E-state index contributed by atoms with van der Waals surface area (Å²) < 4.78 is 0. The highest BCUT2D eigenvalue weighted by atomic mass is 16.2. The Hall–Kier alpha value is -2.92. The number of aliphatic imine (C=N–C) groups is 1. The van der Waals surface area contributed by atoms with Crippen LogP contribution in [0.5, 0.6) is 0 Å². The molecule has 0 saturated carbocycles. The zero-order chi connectivity index (χ0) is 19.8. The second-order valence-electron chi connectivity index (χ2n) is 8.12. The summed E-state index contributed by atoms with van der Waals surface area (Å²) in [5, 5.41) is 0. The number of fused-ring (bicyclic) bond motifs is 2. The summed E-state index contributed by atoms with van der Waals surface area (Å²) >= 11 is 0. The van der Waals surface area contributed by atoms with Gasteiger partial charge in [0.2, 0.25) is 5.96 Å². The molecule has 3 heterocycles. The van der Waals surface area contributed by atoms with Gasteiger partial charge >= 0.3 is 0 Å². The maximum Gasteiger partial charge on any atom is 0.259 e. The van der Waals surface area contributed by atoms with E-state index in [4.69, 9.17) is 4.99 Å². The van der Waals surface area contributed by atoms with E-state index in [2.05, 4.69) is 65.3 Å². The van der Waals surface area contributed by atoms with Gasteiger partial charge in [0, 0.05) is 38.4 Å². The smallest absolute Gasteiger partial charge is 0.259 e. The van der Waals surface area contributed by atoms with Crippen molar-refractivity contribution in [2.45, 2.75) is 26.4 Å². The number of carbonyl (C=O) groups is 1. The van der Waals surface area contributed by atoms with Gasteiger partial charge < -0.3 is 4.90 Å². The van der Waals surface area contributed by atoms with Crippen LogP contribution in [-0.4, -0.2) is 52.7 Å². The Bertz CT molecular complexity index is 978. The third kappa shape index (κ3) is 3.47. The first-order valence-electron chi connectivity index (χ1n) is 10.4. The fourth-order valence-electron chi connectivity index (χ4n) is 4.42. The quantitative estimate of drug-likeness (QED) is 0.810. The molecular formula is C24H26N4O. The van der Waals surface area contributed by atoms with Crippen LogP contribution in [0.25, 0.3) is 0 Å². The Balaban J connectivity index is 1.41. The van der Waals surface area contributed by atoms with Crippen LogP contribution < -0.4 is 0 Å². The second-order valence-corrected chi connectivity index (χ2v) is 8.12. The van der Waals surface area contributed by atoms with Crippen LogP contribution in [0, 0.1) is 6.92 Å². The summed E-state index contributed by atoms with van der Waals surface area (Å²) in [5.41, 5.74) is 5.75. The summed E-state index contributed by atoms with van der Waals surface area (Å²) in [4.78, 5) is 24.8. The molecule has 0 fully saturated rings. The van der Waals surface area contributed by atoms with Gasteiger partial charge in [-0.3, -0.25) is 19.6 Å². The molecule has 0 spiro atoms. The molecular weight excluding hydrogens is 360 g/mol. The molecule has 0 unspecified atom stereocenters. The van der Waals surface area contributed by atoms with Gasteiger partial charge in [0.25, 0.3) is 5.91 Å². The van der Waals surface area contributed by atoms with E-state index in [-0.39, 0.29) is 5.91 Å². The summed E-state index contributed by atoms with van der Waals surface area (Å²) in [6.45, 7) is 6.77. The first kappa shape index (κ1) is 18.1.